The van der Waals surface area contributed by atoms with Gasteiger partial charge in [-0.15, -0.1) is 5.10 Å². The SMILES string of the molecule is FC(F)(F)c1ccc(-n2nnnc2CN2CCN(c3ccc(C(F)(F)F)cn3)CC2)cc1. The molecular formula is C19H17F6N7. The van der Waals surface area contributed by atoms with Crippen LogP contribution in [0.4, 0.5) is 32.2 Å². The summed E-state index contributed by atoms with van der Waals surface area (Å²) < 4.78 is 77.7. The second-order valence-corrected chi connectivity index (χ2v) is 7.22. The number of hydrogen-bond donors (Lipinski definition) is 0. The van der Waals surface area contributed by atoms with Gasteiger partial charge < -0.3 is 4.90 Å². The summed E-state index contributed by atoms with van der Waals surface area (Å²) in [6.45, 7) is 2.62. The highest BCUT2D eigenvalue weighted by Crippen LogP contribution is 2.30. The molecule has 7 nitrogen and oxygen atoms in total. The molecule has 1 fully saturated rings. The number of piperazine rings is 1. The molecule has 1 aliphatic heterocycles. The van der Waals surface area contributed by atoms with Gasteiger partial charge in [0.2, 0.25) is 0 Å². The average Bonchev–Trinajstić information content (AvgIpc) is 3.21. The van der Waals surface area contributed by atoms with Crippen LogP contribution in [0.3, 0.4) is 0 Å². The molecule has 3 heterocycles. The van der Waals surface area contributed by atoms with Gasteiger partial charge in [0.05, 0.1) is 23.4 Å². The first kappa shape index (κ1) is 22.0. The van der Waals surface area contributed by atoms with Crippen molar-refractivity contribution in [2.24, 2.45) is 0 Å². The molecule has 3 aromatic rings. The maximum Gasteiger partial charge on any atom is 0.417 e. The van der Waals surface area contributed by atoms with Crippen LogP contribution in [0.2, 0.25) is 0 Å². The van der Waals surface area contributed by atoms with E-state index in [-0.39, 0.29) is 0 Å². The van der Waals surface area contributed by atoms with E-state index in [1.54, 1.807) is 0 Å². The largest absolute Gasteiger partial charge is 0.417 e. The fourth-order valence-corrected chi connectivity index (χ4v) is 3.37. The van der Waals surface area contributed by atoms with Gasteiger partial charge >= 0.3 is 12.4 Å². The molecule has 1 saturated heterocycles. The molecule has 13 heteroatoms. The van der Waals surface area contributed by atoms with Crippen molar-refractivity contribution >= 4 is 5.82 Å². The maximum atomic E-state index is 12.8. The fraction of sp³-hybridized carbons (Fsp3) is 0.368. The molecule has 4 rings (SSSR count). The Hall–Kier alpha value is -3.22. The zero-order chi connectivity index (χ0) is 22.9. The molecule has 0 bridgehead atoms. The summed E-state index contributed by atoms with van der Waals surface area (Å²) in [5, 5.41) is 11.5. The van der Waals surface area contributed by atoms with E-state index >= 15 is 0 Å². The normalized spacial score (nSPS) is 15.9. The third-order valence-electron chi connectivity index (χ3n) is 5.11. The quantitative estimate of drug-likeness (QED) is 0.560. The van der Waals surface area contributed by atoms with Crippen molar-refractivity contribution in [1.82, 2.24) is 30.1 Å². The Morgan fingerprint density at radius 3 is 1.97 bits per heavy atom. The lowest BCUT2D eigenvalue weighted by atomic mass is 10.2. The van der Waals surface area contributed by atoms with Gasteiger partial charge in [0.15, 0.2) is 5.82 Å². The van der Waals surface area contributed by atoms with Crippen molar-refractivity contribution < 1.29 is 26.3 Å². The zero-order valence-corrected chi connectivity index (χ0v) is 16.5. The Labute approximate surface area is 178 Å². The summed E-state index contributed by atoms with van der Waals surface area (Å²) in [5.74, 6) is 0.929. The maximum absolute atomic E-state index is 12.8. The second-order valence-electron chi connectivity index (χ2n) is 7.22. The van der Waals surface area contributed by atoms with E-state index in [9.17, 15) is 26.3 Å². The lowest BCUT2D eigenvalue weighted by molar-refractivity contribution is -0.138. The molecule has 0 radical (unpaired) electrons. The van der Waals surface area contributed by atoms with Gasteiger partial charge in [-0.1, -0.05) is 0 Å². The molecule has 0 unspecified atom stereocenters. The van der Waals surface area contributed by atoms with E-state index < -0.39 is 23.5 Å². The van der Waals surface area contributed by atoms with Crippen LogP contribution < -0.4 is 4.90 Å². The first-order chi connectivity index (χ1) is 15.1. The van der Waals surface area contributed by atoms with E-state index in [2.05, 4.69) is 20.5 Å². The Morgan fingerprint density at radius 1 is 0.781 bits per heavy atom. The summed E-state index contributed by atoms with van der Waals surface area (Å²) >= 11 is 0. The molecule has 0 spiro atoms. The van der Waals surface area contributed by atoms with Gasteiger partial charge in [0.25, 0.3) is 0 Å². The lowest BCUT2D eigenvalue weighted by Crippen LogP contribution is -2.46. The van der Waals surface area contributed by atoms with Crippen molar-refractivity contribution in [2.45, 2.75) is 18.9 Å². The van der Waals surface area contributed by atoms with Crippen LogP contribution in [0.25, 0.3) is 5.69 Å². The Kier molecular flexibility index (Phi) is 5.75. The van der Waals surface area contributed by atoms with Crippen molar-refractivity contribution in [2.75, 3.05) is 31.1 Å². The van der Waals surface area contributed by atoms with Gasteiger partial charge in [-0.2, -0.15) is 31.0 Å². The zero-order valence-electron chi connectivity index (χ0n) is 16.5. The van der Waals surface area contributed by atoms with E-state index in [0.29, 0.717) is 50.1 Å². The number of hydrogen-bond acceptors (Lipinski definition) is 6. The molecule has 1 aromatic carbocycles. The minimum absolute atomic E-state index is 0.363. The van der Waals surface area contributed by atoms with Gasteiger partial charge in [-0.25, -0.2) is 4.98 Å². The van der Waals surface area contributed by atoms with E-state index in [0.717, 1.165) is 24.4 Å². The average molecular weight is 457 g/mol. The predicted octanol–water partition coefficient (Wildman–Crippen LogP) is 3.42. The molecule has 0 saturated carbocycles. The molecule has 32 heavy (non-hydrogen) atoms. The summed E-state index contributed by atoms with van der Waals surface area (Å²) in [6.07, 6.45) is -8.04. The van der Waals surface area contributed by atoms with Crippen molar-refractivity contribution in [3.8, 4) is 5.69 Å². The predicted molar refractivity (Wildman–Crippen MR) is 101 cm³/mol. The Morgan fingerprint density at radius 2 is 1.41 bits per heavy atom. The van der Waals surface area contributed by atoms with Crippen molar-refractivity contribution in [1.29, 1.82) is 0 Å². The first-order valence-electron chi connectivity index (χ1n) is 9.57. The third-order valence-corrected chi connectivity index (χ3v) is 5.11. The number of tetrazole rings is 1. The third kappa shape index (κ3) is 4.82. The molecule has 0 N–H and O–H groups in total. The van der Waals surface area contributed by atoms with Crippen LogP contribution in [-0.2, 0) is 18.9 Å². The number of rotatable bonds is 4. The molecule has 0 amide bonds. The Bertz CT molecular complexity index is 1040. The standard InChI is InChI=1S/C19H17F6N7/c20-18(21,22)13-1-4-15(5-2-13)32-17(27-28-29-32)12-30-7-9-31(10-8-30)16-6-3-14(11-26-16)19(23,24)25/h1-6,11H,7-10,12H2. The monoisotopic (exact) mass is 457 g/mol. The van der Waals surface area contributed by atoms with Crippen molar-refractivity contribution in [3.63, 3.8) is 0 Å². The summed E-state index contributed by atoms with van der Waals surface area (Å²) in [7, 11) is 0. The molecule has 170 valence electrons. The molecule has 2 aromatic heterocycles. The van der Waals surface area contributed by atoms with E-state index in [1.807, 2.05) is 9.80 Å². The topological polar surface area (TPSA) is 63.0 Å². The fourth-order valence-electron chi connectivity index (χ4n) is 3.37. The highest BCUT2D eigenvalue weighted by Gasteiger charge is 2.31. The highest BCUT2D eigenvalue weighted by molar-refractivity contribution is 5.40. The highest BCUT2D eigenvalue weighted by atomic mass is 19.4. The molecule has 0 atom stereocenters. The van der Waals surface area contributed by atoms with Gasteiger partial charge in [-0.3, -0.25) is 4.90 Å². The summed E-state index contributed by atoms with van der Waals surface area (Å²) in [5.41, 5.74) is -1.15. The minimum Gasteiger partial charge on any atom is -0.354 e. The lowest BCUT2D eigenvalue weighted by Gasteiger charge is -2.35. The van der Waals surface area contributed by atoms with Crippen molar-refractivity contribution in [3.05, 3.63) is 59.5 Å². The minimum atomic E-state index is -4.43. The van der Waals surface area contributed by atoms with Gasteiger partial charge in [0, 0.05) is 32.4 Å². The molecule has 0 aliphatic carbocycles. The van der Waals surface area contributed by atoms with Crippen LogP contribution >= 0.6 is 0 Å². The van der Waals surface area contributed by atoms with Crippen LogP contribution in [-0.4, -0.2) is 56.3 Å². The van der Waals surface area contributed by atoms with E-state index in [1.165, 1.54) is 22.9 Å². The van der Waals surface area contributed by atoms with Gasteiger partial charge in [-0.05, 0) is 46.8 Å². The number of aromatic nitrogens is 5. The molecular weight excluding hydrogens is 440 g/mol. The van der Waals surface area contributed by atoms with Crippen LogP contribution in [0.15, 0.2) is 42.6 Å². The first-order valence-corrected chi connectivity index (χ1v) is 9.57. The Balaban J connectivity index is 1.38. The van der Waals surface area contributed by atoms with E-state index in [4.69, 9.17) is 0 Å². The second kappa shape index (κ2) is 8.37. The summed E-state index contributed by atoms with van der Waals surface area (Å²) in [6, 6.07) is 6.90. The van der Waals surface area contributed by atoms with Crippen LogP contribution in [0.1, 0.15) is 17.0 Å². The number of halogens is 6. The van der Waals surface area contributed by atoms with Gasteiger partial charge in [0.1, 0.15) is 5.82 Å². The number of pyridine rings is 1. The molecule has 1 aliphatic rings. The number of anilines is 1. The van der Waals surface area contributed by atoms with Crippen LogP contribution in [0, 0.1) is 0 Å². The number of alkyl halides is 6. The number of benzene rings is 1. The smallest absolute Gasteiger partial charge is 0.354 e. The summed E-state index contributed by atoms with van der Waals surface area (Å²) in [4.78, 5) is 7.85. The van der Waals surface area contributed by atoms with Crippen LogP contribution in [0.5, 0.6) is 0 Å². The number of nitrogens with zero attached hydrogens (tertiary/aromatic N) is 7.